The zero-order valence-electron chi connectivity index (χ0n) is 11.0. The summed E-state index contributed by atoms with van der Waals surface area (Å²) in [5.74, 6) is 0.140. The van der Waals surface area contributed by atoms with E-state index in [9.17, 15) is 0 Å². The van der Waals surface area contributed by atoms with Crippen LogP contribution in [-0.2, 0) is 13.5 Å². The second-order valence-electron chi connectivity index (χ2n) is 4.63. The first-order valence-corrected chi connectivity index (χ1v) is 6.92. The summed E-state index contributed by atoms with van der Waals surface area (Å²) in [7, 11) is 1.90. The van der Waals surface area contributed by atoms with Gasteiger partial charge in [0.25, 0.3) is 0 Å². The van der Waals surface area contributed by atoms with E-state index >= 15 is 0 Å². The van der Waals surface area contributed by atoms with E-state index in [1.54, 1.807) is 0 Å². The summed E-state index contributed by atoms with van der Waals surface area (Å²) >= 11 is 12.5. The van der Waals surface area contributed by atoms with Crippen molar-refractivity contribution in [2.75, 3.05) is 6.54 Å². The molecule has 1 aromatic carbocycles. The van der Waals surface area contributed by atoms with Crippen LogP contribution in [0.5, 0.6) is 0 Å². The van der Waals surface area contributed by atoms with Crippen molar-refractivity contribution < 1.29 is 0 Å². The van der Waals surface area contributed by atoms with Crippen molar-refractivity contribution in [1.29, 1.82) is 0 Å². The van der Waals surface area contributed by atoms with Gasteiger partial charge in [-0.25, -0.2) is 0 Å². The topological polar surface area (TPSA) is 43.8 Å². The van der Waals surface area contributed by atoms with E-state index < -0.39 is 0 Å². The predicted molar refractivity (Wildman–Crippen MR) is 79.9 cm³/mol. The van der Waals surface area contributed by atoms with Crippen molar-refractivity contribution in [1.82, 2.24) is 9.78 Å². The lowest BCUT2D eigenvalue weighted by molar-refractivity contribution is 0.629. The Labute approximate surface area is 123 Å². The van der Waals surface area contributed by atoms with Crippen LogP contribution >= 0.6 is 23.2 Å². The third-order valence-corrected chi connectivity index (χ3v) is 4.17. The molecule has 0 aliphatic carbocycles. The molecule has 1 aromatic heterocycles. The lowest BCUT2D eigenvalue weighted by atomic mass is 9.94. The lowest BCUT2D eigenvalue weighted by Gasteiger charge is -2.17. The Bertz CT molecular complexity index is 578. The average Bonchev–Trinajstić information content (AvgIpc) is 2.63. The molecule has 2 aromatic rings. The molecule has 19 heavy (non-hydrogen) atoms. The molecule has 0 amide bonds. The van der Waals surface area contributed by atoms with Gasteiger partial charge < -0.3 is 5.73 Å². The molecular weight excluding hydrogens is 281 g/mol. The molecule has 0 saturated carbocycles. The minimum atomic E-state index is 0.140. The predicted octanol–water partition coefficient (Wildman–Crippen LogP) is 3.32. The first-order valence-electron chi connectivity index (χ1n) is 6.17. The van der Waals surface area contributed by atoms with E-state index in [0.717, 1.165) is 28.4 Å². The average molecular weight is 298 g/mol. The Hall–Kier alpha value is -1.03. The Kier molecular flexibility index (Phi) is 4.50. The minimum Gasteiger partial charge on any atom is -0.330 e. The Morgan fingerprint density at radius 1 is 1.32 bits per heavy atom. The highest BCUT2D eigenvalue weighted by molar-refractivity contribution is 6.32. The molecule has 2 rings (SSSR count). The molecule has 0 saturated heterocycles. The van der Waals surface area contributed by atoms with E-state index in [-0.39, 0.29) is 5.92 Å². The van der Waals surface area contributed by atoms with Crippen LogP contribution < -0.4 is 5.73 Å². The molecule has 102 valence electrons. The van der Waals surface area contributed by atoms with Gasteiger partial charge >= 0.3 is 0 Å². The van der Waals surface area contributed by atoms with Crippen LogP contribution in [0.25, 0.3) is 0 Å². The van der Waals surface area contributed by atoms with E-state index in [0.29, 0.717) is 11.6 Å². The Morgan fingerprint density at radius 2 is 2.00 bits per heavy atom. The molecule has 3 nitrogen and oxygen atoms in total. The number of halogens is 2. The van der Waals surface area contributed by atoms with Gasteiger partial charge in [0, 0.05) is 18.0 Å². The van der Waals surface area contributed by atoms with Gasteiger partial charge in [-0.2, -0.15) is 5.10 Å². The van der Waals surface area contributed by atoms with Crippen LogP contribution in [0, 0.1) is 6.92 Å². The molecule has 1 heterocycles. The SMILES string of the molecule is Cc1nn(C)c(CC(CN)c2ccccc2Cl)c1Cl. The first kappa shape index (κ1) is 14.4. The number of nitrogens with two attached hydrogens (primary N) is 1. The van der Waals surface area contributed by atoms with Crippen molar-refractivity contribution in [3.63, 3.8) is 0 Å². The summed E-state index contributed by atoms with van der Waals surface area (Å²) in [6.07, 6.45) is 0.733. The van der Waals surface area contributed by atoms with Gasteiger partial charge in [0.2, 0.25) is 0 Å². The highest BCUT2D eigenvalue weighted by Gasteiger charge is 2.19. The van der Waals surface area contributed by atoms with Crippen molar-refractivity contribution in [2.45, 2.75) is 19.3 Å². The third-order valence-electron chi connectivity index (χ3n) is 3.33. The molecule has 0 radical (unpaired) electrons. The van der Waals surface area contributed by atoms with E-state index in [4.69, 9.17) is 28.9 Å². The van der Waals surface area contributed by atoms with Gasteiger partial charge in [-0.1, -0.05) is 41.4 Å². The van der Waals surface area contributed by atoms with Gasteiger partial charge in [-0.3, -0.25) is 4.68 Å². The van der Waals surface area contributed by atoms with Crippen LogP contribution in [0.2, 0.25) is 10.0 Å². The number of hydrogen-bond donors (Lipinski definition) is 1. The number of aromatic nitrogens is 2. The summed E-state index contributed by atoms with van der Waals surface area (Å²) < 4.78 is 1.82. The molecule has 0 aliphatic rings. The maximum atomic E-state index is 6.29. The number of rotatable bonds is 4. The van der Waals surface area contributed by atoms with Crippen molar-refractivity contribution in [3.8, 4) is 0 Å². The van der Waals surface area contributed by atoms with Gasteiger partial charge in [0.05, 0.1) is 16.4 Å². The molecule has 0 aliphatic heterocycles. The monoisotopic (exact) mass is 297 g/mol. The maximum absolute atomic E-state index is 6.29. The summed E-state index contributed by atoms with van der Waals surface area (Å²) in [6, 6.07) is 7.78. The largest absolute Gasteiger partial charge is 0.330 e. The van der Waals surface area contributed by atoms with Gasteiger partial charge in [0.15, 0.2) is 0 Å². The van der Waals surface area contributed by atoms with E-state index in [1.165, 1.54) is 0 Å². The number of benzene rings is 1. The fraction of sp³-hybridized carbons (Fsp3) is 0.357. The van der Waals surface area contributed by atoms with Crippen molar-refractivity contribution in [3.05, 3.63) is 51.3 Å². The van der Waals surface area contributed by atoms with Crippen LogP contribution in [0.4, 0.5) is 0 Å². The van der Waals surface area contributed by atoms with Crippen LogP contribution in [0.15, 0.2) is 24.3 Å². The van der Waals surface area contributed by atoms with E-state index in [2.05, 4.69) is 5.10 Å². The number of aryl methyl sites for hydroxylation is 2. The second kappa shape index (κ2) is 5.95. The normalized spacial score (nSPS) is 12.7. The number of nitrogens with zero attached hydrogens (tertiary/aromatic N) is 2. The zero-order chi connectivity index (χ0) is 14.0. The first-order chi connectivity index (χ1) is 9.04. The zero-order valence-corrected chi connectivity index (χ0v) is 12.5. The molecule has 1 unspecified atom stereocenters. The molecule has 5 heteroatoms. The highest BCUT2D eigenvalue weighted by Crippen LogP contribution is 2.29. The standard InChI is InChI=1S/C14H17Cl2N3/c1-9-14(16)13(19(2)18-9)7-10(8-17)11-5-3-4-6-12(11)15/h3-6,10H,7-8,17H2,1-2H3. The molecule has 0 bridgehead atoms. The highest BCUT2D eigenvalue weighted by atomic mass is 35.5. The molecule has 0 fully saturated rings. The second-order valence-corrected chi connectivity index (χ2v) is 5.41. The summed E-state index contributed by atoms with van der Waals surface area (Å²) in [6.45, 7) is 2.42. The summed E-state index contributed by atoms with van der Waals surface area (Å²) in [5, 5.41) is 5.78. The van der Waals surface area contributed by atoms with Crippen molar-refractivity contribution >= 4 is 23.2 Å². The quantitative estimate of drug-likeness (QED) is 0.941. The Morgan fingerprint density at radius 3 is 2.53 bits per heavy atom. The third kappa shape index (κ3) is 2.94. The summed E-state index contributed by atoms with van der Waals surface area (Å²) in [4.78, 5) is 0. The van der Waals surface area contributed by atoms with E-state index in [1.807, 2.05) is 42.9 Å². The molecular formula is C14H17Cl2N3. The molecule has 1 atom stereocenters. The fourth-order valence-electron chi connectivity index (χ4n) is 2.26. The minimum absolute atomic E-state index is 0.140. The van der Waals surface area contributed by atoms with Gasteiger partial charge in [0.1, 0.15) is 0 Å². The van der Waals surface area contributed by atoms with Crippen LogP contribution in [0.1, 0.15) is 22.9 Å². The molecule has 2 N–H and O–H groups in total. The van der Waals surface area contributed by atoms with Gasteiger partial charge in [-0.15, -0.1) is 0 Å². The van der Waals surface area contributed by atoms with Crippen LogP contribution in [-0.4, -0.2) is 16.3 Å². The van der Waals surface area contributed by atoms with Gasteiger partial charge in [-0.05, 0) is 31.5 Å². The van der Waals surface area contributed by atoms with Crippen LogP contribution in [0.3, 0.4) is 0 Å². The lowest BCUT2D eigenvalue weighted by Crippen LogP contribution is -2.17. The van der Waals surface area contributed by atoms with Crippen molar-refractivity contribution in [2.24, 2.45) is 12.8 Å². The maximum Gasteiger partial charge on any atom is 0.0847 e. The molecule has 0 spiro atoms. The number of hydrogen-bond acceptors (Lipinski definition) is 2. The fourth-order valence-corrected chi connectivity index (χ4v) is 2.79. The smallest absolute Gasteiger partial charge is 0.0847 e. The Balaban J connectivity index is 2.32. The summed E-state index contributed by atoms with van der Waals surface area (Å²) in [5.41, 5.74) is 8.79.